The van der Waals surface area contributed by atoms with Crippen molar-refractivity contribution in [2.75, 3.05) is 5.32 Å². The van der Waals surface area contributed by atoms with E-state index < -0.39 is 17.3 Å². The van der Waals surface area contributed by atoms with Gasteiger partial charge in [0.25, 0.3) is 0 Å². The minimum atomic E-state index is -4.94. The molecule has 0 bridgehead atoms. The summed E-state index contributed by atoms with van der Waals surface area (Å²) >= 11 is 5.86. The molecule has 1 aromatic rings. The van der Waals surface area contributed by atoms with E-state index >= 15 is 0 Å². The molecule has 1 aliphatic rings. The van der Waals surface area contributed by atoms with Crippen LogP contribution < -0.4 is 5.32 Å². The fourth-order valence-electron chi connectivity index (χ4n) is 2.05. The summed E-state index contributed by atoms with van der Waals surface area (Å²) < 4.78 is 40.7. The quantitative estimate of drug-likeness (QED) is 0.760. The van der Waals surface area contributed by atoms with E-state index in [1.165, 1.54) is 12.1 Å². The molecule has 0 amide bonds. The smallest absolute Gasteiger partial charge is 0.380 e. The Morgan fingerprint density at radius 3 is 2.30 bits per heavy atom. The van der Waals surface area contributed by atoms with E-state index in [4.69, 9.17) is 11.6 Å². The van der Waals surface area contributed by atoms with Crippen molar-refractivity contribution >= 4 is 17.3 Å². The van der Waals surface area contributed by atoms with Gasteiger partial charge in [-0.25, -0.2) is 0 Å². The Morgan fingerprint density at radius 1 is 1.22 bits per heavy atom. The lowest BCUT2D eigenvalue weighted by Gasteiger charge is -2.31. The maximum atomic E-state index is 13.6. The normalized spacial score (nSPS) is 17.9. The Hall–Kier alpha value is -1.38. The molecular formula is C17H19ClF3NO. The molecule has 126 valence electrons. The van der Waals surface area contributed by atoms with Crippen LogP contribution in [0.1, 0.15) is 39.2 Å². The fraction of sp³-hybridized carbons (Fsp3) is 0.529. The van der Waals surface area contributed by atoms with E-state index in [1.54, 1.807) is 0 Å². The number of nitrogens with one attached hydrogen (secondary N) is 1. The van der Waals surface area contributed by atoms with Crippen LogP contribution in [0.25, 0.3) is 0 Å². The van der Waals surface area contributed by atoms with Gasteiger partial charge in [0.1, 0.15) is 0 Å². The monoisotopic (exact) mass is 345 g/mol. The minimum Gasteiger partial charge on any atom is -0.380 e. The van der Waals surface area contributed by atoms with Crippen molar-refractivity contribution in [3.05, 3.63) is 28.8 Å². The van der Waals surface area contributed by atoms with Gasteiger partial charge in [-0.05, 0) is 51.8 Å². The van der Waals surface area contributed by atoms with Crippen LogP contribution in [0.15, 0.2) is 18.2 Å². The Bertz CT molecular complexity index is 651. The Morgan fingerprint density at radius 2 is 1.83 bits per heavy atom. The van der Waals surface area contributed by atoms with Crippen LogP contribution in [0.2, 0.25) is 5.02 Å². The molecule has 0 aliphatic heterocycles. The van der Waals surface area contributed by atoms with Crippen molar-refractivity contribution in [1.29, 1.82) is 0 Å². The molecule has 0 spiro atoms. The first-order chi connectivity index (χ1) is 10.4. The first kappa shape index (κ1) is 18.0. The molecule has 1 atom stereocenters. The molecule has 0 aromatic heterocycles. The number of aliphatic hydroxyl groups is 1. The highest BCUT2D eigenvalue weighted by Gasteiger charge is 2.55. The Labute approximate surface area is 139 Å². The summed E-state index contributed by atoms with van der Waals surface area (Å²) in [5, 5.41) is 13.5. The number of hydrogen-bond acceptors (Lipinski definition) is 2. The van der Waals surface area contributed by atoms with E-state index in [-0.39, 0.29) is 22.2 Å². The molecule has 1 fully saturated rings. The molecule has 1 aromatic carbocycles. The zero-order valence-electron chi connectivity index (χ0n) is 13.2. The molecule has 0 radical (unpaired) electrons. The first-order valence-electron chi connectivity index (χ1n) is 7.32. The van der Waals surface area contributed by atoms with Crippen LogP contribution in [0.3, 0.4) is 0 Å². The standard InChI is InChI=1S/C17H19ClF3NO/c1-15(2,3)22-14-7-6-12(18)10-13(14)16(23,17(19,20)21)9-8-11-4-5-11/h6-7,10-11,22-23H,4-5H2,1-3H3. The largest absolute Gasteiger partial charge is 0.433 e. The summed E-state index contributed by atoms with van der Waals surface area (Å²) in [4.78, 5) is 0. The van der Waals surface area contributed by atoms with Gasteiger partial charge in [-0.2, -0.15) is 13.2 Å². The van der Waals surface area contributed by atoms with Gasteiger partial charge < -0.3 is 10.4 Å². The fourth-order valence-corrected chi connectivity index (χ4v) is 2.23. The Kier molecular flexibility index (Phi) is 4.62. The lowest BCUT2D eigenvalue weighted by Crippen LogP contribution is -2.42. The molecule has 2 rings (SSSR count). The third-order valence-corrected chi connectivity index (χ3v) is 3.56. The van der Waals surface area contributed by atoms with Gasteiger partial charge in [-0.1, -0.05) is 23.4 Å². The molecule has 0 saturated heterocycles. The maximum Gasteiger partial charge on any atom is 0.433 e. The second-order valence-corrected chi connectivity index (χ2v) is 7.25. The molecule has 1 aliphatic carbocycles. The molecular weight excluding hydrogens is 327 g/mol. The van der Waals surface area contributed by atoms with E-state index in [0.29, 0.717) is 0 Å². The number of alkyl halides is 3. The zero-order valence-corrected chi connectivity index (χ0v) is 13.9. The highest BCUT2D eigenvalue weighted by Crippen LogP contribution is 2.43. The van der Waals surface area contributed by atoms with Gasteiger partial charge in [0.05, 0.1) is 0 Å². The molecule has 23 heavy (non-hydrogen) atoms. The molecule has 1 saturated carbocycles. The van der Waals surface area contributed by atoms with Crippen molar-refractivity contribution in [3.8, 4) is 11.8 Å². The van der Waals surface area contributed by atoms with Crippen LogP contribution in [0.4, 0.5) is 18.9 Å². The van der Waals surface area contributed by atoms with E-state index in [9.17, 15) is 18.3 Å². The number of benzene rings is 1. The molecule has 6 heteroatoms. The topological polar surface area (TPSA) is 32.3 Å². The van der Waals surface area contributed by atoms with Crippen LogP contribution in [0.5, 0.6) is 0 Å². The highest BCUT2D eigenvalue weighted by atomic mass is 35.5. The van der Waals surface area contributed by atoms with Crippen molar-refractivity contribution in [2.45, 2.75) is 50.9 Å². The summed E-state index contributed by atoms with van der Waals surface area (Å²) in [6.45, 7) is 5.44. The second kappa shape index (κ2) is 5.92. The van der Waals surface area contributed by atoms with Gasteiger partial charge in [-0.15, -0.1) is 0 Å². The predicted molar refractivity (Wildman–Crippen MR) is 85.3 cm³/mol. The van der Waals surface area contributed by atoms with Gasteiger partial charge in [-0.3, -0.25) is 0 Å². The summed E-state index contributed by atoms with van der Waals surface area (Å²) in [6, 6.07) is 4.02. The summed E-state index contributed by atoms with van der Waals surface area (Å²) in [5.41, 5.74) is -3.96. The van der Waals surface area contributed by atoms with Crippen molar-refractivity contribution < 1.29 is 18.3 Å². The third-order valence-electron chi connectivity index (χ3n) is 3.33. The average molecular weight is 346 g/mol. The third kappa shape index (κ3) is 4.33. The maximum absolute atomic E-state index is 13.6. The molecule has 2 nitrogen and oxygen atoms in total. The van der Waals surface area contributed by atoms with Crippen molar-refractivity contribution in [3.63, 3.8) is 0 Å². The average Bonchev–Trinajstić information content (AvgIpc) is 3.19. The van der Waals surface area contributed by atoms with Gasteiger partial charge in [0.2, 0.25) is 5.60 Å². The predicted octanol–water partition coefficient (Wildman–Crippen LogP) is 4.71. The first-order valence-corrected chi connectivity index (χ1v) is 7.70. The van der Waals surface area contributed by atoms with E-state index in [2.05, 4.69) is 11.2 Å². The van der Waals surface area contributed by atoms with E-state index in [0.717, 1.165) is 18.9 Å². The summed E-state index contributed by atoms with van der Waals surface area (Å²) in [6.07, 6.45) is -3.40. The Balaban J connectivity index is 2.58. The number of anilines is 1. The van der Waals surface area contributed by atoms with Gasteiger partial charge >= 0.3 is 6.18 Å². The van der Waals surface area contributed by atoms with Crippen molar-refractivity contribution in [1.82, 2.24) is 0 Å². The lowest BCUT2D eigenvalue weighted by atomic mass is 9.90. The van der Waals surface area contributed by atoms with Crippen LogP contribution in [-0.2, 0) is 5.60 Å². The summed E-state index contributed by atoms with van der Waals surface area (Å²) in [5.74, 6) is 4.50. The SMILES string of the molecule is CC(C)(C)Nc1ccc(Cl)cc1C(O)(C#CC1CC1)C(F)(F)F. The molecule has 0 heterocycles. The highest BCUT2D eigenvalue weighted by molar-refractivity contribution is 6.30. The van der Waals surface area contributed by atoms with Crippen LogP contribution >= 0.6 is 11.6 Å². The molecule has 1 unspecified atom stereocenters. The second-order valence-electron chi connectivity index (χ2n) is 6.82. The summed E-state index contributed by atoms with van der Waals surface area (Å²) in [7, 11) is 0. The molecule has 2 N–H and O–H groups in total. The van der Waals surface area contributed by atoms with Gasteiger partial charge in [0.15, 0.2) is 0 Å². The van der Waals surface area contributed by atoms with Crippen molar-refractivity contribution in [2.24, 2.45) is 5.92 Å². The lowest BCUT2D eigenvalue weighted by molar-refractivity contribution is -0.240. The minimum absolute atomic E-state index is 0.0675. The number of halogens is 4. The van der Waals surface area contributed by atoms with Crippen LogP contribution in [0, 0.1) is 17.8 Å². The number of hydrogen-bond donors (Lipinski definition) is 2. The van der Waals surface area contributed by atoms with E-state index in [1.807, 2.05) is 26.7 Å². The zero-order chi connectivity index (χ0) is 17.5. The van der Waals surface area contributed by atoms with Crippen LogP contribution in [-0.4, -0.2) is 16.8 Å². The van der Waals surface area contributed by atoms with Gasteiger partial charge in [0, 0.05) is 27.7 Å². The number of rotatable bonds is 2.